The SMILES string of the molecule is C=C(C)/C(=C(/C)N)c1cc2c(C(N)=NC)cnn2cc1F. The molecule has 6 heteroatoms. The number of fused-ring (bicyclic) bond motifs is 1. The fraction of sp³-hybridized carbons (Fsp3) is 0.200. The maximum absolute atomic E-state index is 14.3. The number of hydrogen-bond acceptors (Lipinski definition) is 3. The van der Waals surface area contributed by atoms with E-state index in [1.54, 1.807) is 33.2 Å². The van der Waals surface area contributed by atoms with Gasteiger partial charge in [0.15, 0.2) is 0 Å². The van der Waals surface area contributed by atoms with Crippen LogP contribution in [0.4, 0.5) is 4.39 Å². The van der Waals surface area contributed by atoms with Crippen LogP contribution in [-0.2, 0) is 0 Å². The first kappa shape index (κ1) is 14.8. The van der Waals surface area contributed by atoms with Gasteiger partial charge >= 0.3 is 0 Å². The van der Waals surface area contributed by atoms with E-state index in [0.29, 0.717) is 39.3 Å². The van der Waals surface area contributed by atoms with Gasteiger partial charge in [-0.05, 0) is 25.5 Å². The van der Waals surface area contributed by atoms with Crippen LogP contribution in [0.5, 0.6) is 0 Å². The van der Waals surface area contributed by atoms with E-state index in [1.165, 1.54) is 10.7 Å². The summed E-state index contributed by atoms with van der Waals surface area (Å²) in [5.74, 6) is -0.0835. The number of aromatic nitrogens is 2. The Morgan fingerprint density at radius 1 is 1.33 bits per heavy atom. The van der Waals surface area contributed by atoms with Crippen molar-refractivity contribution in [3.05, 3.63) is 53.3 Å². The van der Waals surface area contributed by atoms with E-state index in [9.17, 15) is 4.39 Å². The van der Waals surface area contributed by atoms with Crippen molar-refractivity contribution < 1.29 is 4.39 Å². The monoisotopic (exact) mass is 287 g/mol. The van der Waals surface area contributed by atoms with E-state index < -0.39 is 5.82 Å². The van der Waals surface area contributed by atoms with Crippen LogP contribution in [0.2, 0.25) is 0 Å². The summed E-state index contributed by atoms with van der Waals surface area (Å²) >= 11 is 0. The van der Waals surface area contributed by atoms with Crippen LogP contribution in [0, 0.1) is 5.82 Å². The Morgan fingerprint density at radius 3 is 2.52 bits per heavy atom. The van der Waals surface area contributed by atoms with Crippen LogP contribution < -0.4 is 11.5 Å². The fourth-order valence-corrected chi connectivity index (χ4v) is 2.29. The normalized spacial score (nSPS) is 13.4. The molecule has 0 aliphatic heterocycles. The second-order valence-electron chi connectivity index (χ2n) is 4.87. The highest BCUT2D eigenvalue weighted by Crippen LogP contribution is 2.28. The number of hydrogen-bond donors (Lipinski definition) is 2. The lowest BCUT2D eigenvalue weighted by molar-refractivity contribution is 0.611. The Bertz CT molecular complexity index is 779. The zero-order valence-corrected chi connectivity index (χ0v) is 12.3. The van der Waals surface area contributed by atoms with Gasteiger partial charge in [0, 0.05) is 23.9 Å². The first-order valence-electron chi connectivity index (χ1n) is 6.39. The molecule has 0 unspecified atom stereocenters. The minimum Gasteiger partial charge on any atom is -0.402 e. The predicted octanol–water partition coefficient (Wildman–Crippen LogP) is 2.07. The molecule has 110 valence electrons. The third kappa shape index (κ3) is 2.52. The highest BCUT2D eigenvalue weighted by atomic mass is 19.1. The molecule has 0 spiro atoms. The van der Waals surface area contributed by atoms with Crippen molar-refractivity contribution >= 4 is 16.9 Å². The van der Waals surface area contributed by atoms with Gasteiger partial charge in [0.05, 0.1) is 23.5 Å². The smallest absolute Gasteiger partial charge is 0.149 e. The lowest BCUT2D eigenvalue weighted by Crippen LogP contribution is -2.12. The van der Waals surface area contributed by atoms with Crippen LogP contribution in [0.15, 0.2) is 41.3 Å². The van der Waals surface area contributed by atoms with Crippen molar-refractivity contribution in [2.45, 2.75) is 13.8 Å². The average Bonchev–Trinajstić information content (AvgIpc) is 2.80. The Hall–Kier alpha value is -2.63. The maximum atomic E-state index is 14.3. The van der Waals surface area contributed by atoms with E-state index in [-0.39, 0.29) is 0 Å². The number of amidine groups is 1. The molecule has 0 aliphatic rings. The molecule has 4 N–H and O–H groups in total. The molecule has 0 amide bonds. The Morgan fingerprint density at radius 2 is 2.00 bits per heavy atom. The molecular weight excluding hydrogens is 269 g/mol. The third-order valence-electron chi connectivity index (χ3n) is 3.22. The molecule has 0 aromatic carbocycles. The topological polar surface area (TPSA) is 81.7 Å². The van der Waals surface area contributed by atoms with E-state index in [4.69, 9.17) is 11.5 Å². The molecule has 2 heterocycles. The summed E-state index contributed by atoms with van der Waals surface area (Å²) in [6.45, 7) is 7.36. The summed E-state index contributed by atoms with van der Waals surface area (Å²) < 4.78 is 15.8. The summed E-state index contributed by atoms with van der Waals surface area (Å²) in [4.78, 5) is 3.94. The number of allylic oxidation sites excluding steroid dienone is 3. The summed E-state index contributed by atoms with van der Waals surface area (Å²) in [5.41, 5.74) is 15.2. The van der Waals surface area contributed by atoms with Gasteiger partial charge in [-0.2, -0.15) is 5.10 Å². The molecule has 0 radical (unpaired) electrons. The number of halogens is 1. The molecular formula is C15H18FN5. The molecule has 0 atom stereocenters. The van der Waals surface area contributed by atoms with Crippen molar-refractivity contribution in [2.24, 2.45) is 16.5 Å². The van der Waals surface area contributed by atoms with Crippen molar-refractivity contribution in [1.82, 2.24) is 9.61 Å². The minimum absolute atomic E-state index is 0.341. The van der Waals surface area contributed by atoms with Crippen molar-refractivity contribution in [3.63, 3.8) is 0 Å². The maximum Gasteiger partial charge on any atom is 0.149 e. The highest BCUT2D eigenvalue weighted by Gasteiger charge is 2.16. The zero-order chi connectivity index (χ0) is 15.7. The summed E-state index contributed by atoms with van der Waals surface area (Å²) in [5, 5.41) is 4.08. The molecule has 0 fully saturated rings. The molecule has 2 aromatic rings. The Balaban J connectivity index is 2.80. The van der Waals surface area contributed by atoms with Crippen LogP contribution >= 0.6 is 0 Å². The van der Waals surface area contributed by atoms with Crippen LogP contribution in [0.3, 0.4) is 0 Å². The molecule has 2 aromatic heterocycles. The van der Waals surface area contributed by atoms with Gasteiger partial charge in [-0.25, -0.2) is 8.91 Å². The lowest BCUT2D eigenvalue weighted by Gasteiger charge is -2.12. The first-order chi connectivity index (χ1) is 9.86. The van der Waals surface area contributed by atoms with Gasteiger partial charge in [0.2, 0.25) is 0 Å². The third-order valence-corrected chi connectivity index (χ3v) is 3.22. The van der Waals surface area contributed by atoms with Crippen LogP contribution in [0.25, 0.3) is 11.1 Å². The molecule has 0 bridgehead atoms. The molecule has 21 heavy (non-hydrogen) atoms. The largest absolute Gasteiger partial charge is 0.402 e. The molecule has 5 nitrogen and oxygen atoms in total. The van der Waals surface area contributed by atoms with Crippen molar-refractivity contribution in [1.29, 1.82) is 0 Å². The molecule has 0 saturated carbocycles. The summed E-state index contributed by atoms with van der Waals surface area (Å²) in [7, 11) is 1.59. The van der Waals surface area contributed by atoms with Gasteiger partial charge in [0.25, 0.3) is 0 Å². The van der Waals surface area contributed by atoms with E-state index >= 15 is 0 Å². The van der Waals surface area contributed by atoms with E-state index in [1.807, 2.05) is 0 Å². The number of aliphatic imine (C=N–C) groups is 1. The van der Waals surface area contributed by atoms with E-state index in [0.717, 1.165) is 0 Å². The molecule has 0 aliphatic carbocycles. The number of rotatable bonds is 3. The van der Waals surface area contributed by atoms with Gasteiger partial charge in [-0.15, -0.1) is 0 Å². The second-order valence-corrected chi connectivity index (χ2v) is 4.87. The fourth-order valence-electron chi connectivity index (χ4n) is 2.29. The standard InChI is InChI=1S/C15H18FN5/c1-8(2)14(9(3)17)10-5-13-11(15(18)19-4)6-20-21(13)7-12(10)16/h5-7H,1,17H2,2-4H3,(H2,18,19)/b14-9+. The molecule has 0 saturated heterocycles. The van der Waals surface area contributed by atoms with Crippen molar-refractivity contribution in [3.8, 4) is 0 Å². The zero-order valence-electron chi connectivity index (χ0n) is 12.3. The van der Waals surface area contributed by atoms with Gasteiger partial charge < -0.3 is 11.5 Å². The van der Waals surface area contributed by atoms with Crippen molar-refractivity contribution in [2.75, 3.05) is 7.05 Å². The number of pyridine rings is 1. The Labute approximate surface area is 122 Å². The van der Waals surface area contributed by atoms with Gasteiger partial charge in [0.1, 0.15) is 11.7 Å². The minimum atomic E-state index is -0.424. The van der Waals surface area contributed by atoms with Gasteiger partial charge in [-0.1, -0.05) is 6.58 Å². The Kier molecular flexibility index (Phi) is 3.80. The summed E-state index contributed by atoms with van der Waals surface area (Å²) in [6.07, 6.45) is 2.85. The van der Waals surface area contributed by atoms with E-state index in [2.05, 4.69) is 16.7 Å². The quantitative estimate of drug-likeness (QED) is 0.515. The molecule has 2 rings (SSSR count). The average molecular weight is 287 g/mol. The second kappa shape index (κ2) is 5.40. The first-order valence-corrected chi connectivity index (χ1v) is 6.39. The lowest BCUT2D eigenvalue weighted by atomic mass is 9.98. The predicted molar refractivity (Wildman–Crippen MR) is 83.4 cm³/mol. The van der Waals surface area contributed by atoms with Gasteiger partial charge in [-0.3, -0.25) is 4.99 Å². The van der Waals surface area contributed by atoms with Crippen LogP contribution in [-0.4, -0.2) is 22.5 Å². The summed E-state index contributed by atoms with van der Waals surface area (Å²) in [6, 6.07) is 1.66. The number of nitrogens with two attached hydrogens (primary N) is 2. The number of nitrogens with zero attached hydrogens (tertiary/aromatic N) is 3. The highest BCUT2D eigenvalue weighted by molar-refractivity contribution is 6.03. The van der Waals surface area contributed by atoms with Crippen LogP contribution in [0.1, 0.15) is 25.0 Å².